The van der Waals surface area contributed by atoms with Gasteiger partial charge < -0.3 is 0 Å². The number of benzene rings is 4. The zero-order valence-electron chi connectivity index (χ0n) is 20.3. The summed E-state index contributed by atoms with van der Waals surface area (Å²) < 4.78 is 0. The molecule has 0 aliphatic heterocycles. The van der Waals surface area contributed by atoms with Crippen molar-refractivity contribution < 1.29 is 17.3 Å². The molecule has 0 bridgehead atoms. The van der Waals surface area contributed by atoms with E-state index in [0.717, 1.165) is 0 Å². The summed E-state index contributed by atoms with van der Waals surface area (Å²) in [5.41, 5.74) is 0. The number of halogens is 1. The number of allylic oxidation sites excluding steroid dienone is 2. The van der Waals surface area contributed by atoms with Gasteiger partial charge in [-0.1, -0.05) is 141 Å². The summed E-state index contributed by atoms with van der Waals surface area (Å²) in [4.78, 5) is 0. The Morgan fingerprint density at radius 1 is 0.514 bits per heavy atom. The maximum Gasteiger partial charge on any atom is -0.0134 e. The molecular formula is C31H33ClP2Ru. The van der Waals surface area contributed by atoms with E-state index in [9.17, 15) is 0 Å². The molecule has 0 N–H and O–H groups in total. The fourth-order valence-electron chi connectivity index (χ4n) is 3.00. The average molecular weight is 604 g/mol. The molecule has 4 rings (SSSR count). The van der Waals surface area contributed by atoms with E-state index < -0.39 is 7.92 Å². The van der Waals surface area contributed by atoms with Gasteiger partial charge in [-0.3, -0.25) is 0 Å². The molecule has 182 valence electrons. The van der Waals surface area contributed by atoms with Gasteiger partial charge in [0.05, 0.1) is 0 Å². The van der Waals surface area contributed by atoms with Crippen LogP contribution in [0.2, 0.25) is 0 Å². The van der Waals surface area contributed by atoms with E-state index in [4.69, 9.17) is 0 Å². The van der Waals surface area contributed by atoms with Gasteiger partial charge in [0, 0.05) is 6.42 Å². The minimum Gasteiger partial charge on any atom is -0.0622 e. The smallest absolute Gasteiger partial charge is 0.0134 e. The third-order valence-electron chi connectivity index (χ3n) is 4.59. The predicted octanol–water partition coefficient (Wildman–Crippen LogP) is 7.75. The van der Waals surface area contributed by atoms with Crippen molar-refractivity contribution in [3.05, 3.63) is 153 Å². The minimum absolute atomic E-state index is 0.104. The zero-order chi connectivity index (χ0) is 25.7. The average Bonchev–Trinajstić information content (AvgIpc) is 2.93. The fourth-order valence-corrected chi connectivity index (χ4v) is 6.07. The number of hydrogen-bond acceptors (Lipinski definition) is 0. The molecule has 0 nitrogen and oxygen atoms in total. The second kappa shape index (κ2) is 20.3. The molecule has 0 amide bonds. The second-order valence-corrected chi connectivity index (χ2v) is 11.8. The SMILES string of the molecule is C=C[CH]C=C.CP(C)c1ccccc1.[Cl][Ru].c1ccc(P(c2ccccc2)c2ccccc2)cc1. The van der Waals surface area contributed by atoms with Gasteiger partial charge in [0.1, 0.15) is 0 Å². The Morgan fingerprint density at radius 3 is 0.943 bits per heavy atom. The Bertz CT molecular complexity index is 940. The molecule has 4 heteroatoms. The first-order valence-corrected chi connectivity index (χ1v) is 16.9. The fraction of sp³-hybridized carbons (Fsp3) is 0.0645. The van der Waals surface area contributed by atoms with Gasteiger partial charge in [-0.25, -0.2) is 0 Å². The quantitative estimate of drug-likeness (QED) is 0.156. The molecule has 0 heterocycles. The van der Waals surface area contributed by atoms with Gasteiger partial charge in [-0.05, 0) is 42.5 Å². The Balaban J connectivity index is 0.000000319. The van der Waals surface area contributed by atoms with Crippen molar-refractivity contribution in [3.63, 3.8) is 0 Å². The van der Waals surface area contributed by atoms with Crippen LogP contribution in [0, 0.1) is 6.42 Å². The third-order valence-corrected chi connectivity index (χ3v) is 8.36. The molecule has 4 aromatic carbocycles. The predicted molar refractivity (Wildman–Crippen MR) is 161 cm³/mol. The van der Waals surface area contributed by atoms with Crippen LogP contribution in [0.25, 0.3) is 0 Å². The molecule has 0 saturated carbocycles. The molecule has 0 aromatic heterocycles. The largest absolute Gasteiger partial charge is 0.0622 e. The standard InChI is InChI=1S/C18H15P.C8H11P.C5H7.ClH.Ru/c1-4-10-16(11-5-1)19(17-12-6-2-7-13-17)18-14-8-3-9-15-18;1-9(2)8-6-4-3-5-7-8;1-3-5-4-2;;/h1-15H;3-7H,1-2H3;3-5H,1-2H2;1H;/q;;;;+1/p-1. The van der Waals surface area contributed by atoms with Crippen molar-refractivity contribution >= 4 is 46.8 Å². The molecule has 0 spiro atoms. The van der Waals surface area contributed by atoms with Gasteiger partial charge in [0.15, 0.2) is 0 Å². The van der Waals surface area contributed by atoms with E-state index in [1.807, 2.05) is 17.3 Å². The molecule has 35 heavy (non-hydrogen) atoms. The topological polar surface area (TPSA) is 0 Å². The van der Waals surface area contributed by atoms with Crippen molar-refractivity contribution in [3.8, 4) is 0 Å². The van der Waals surface area contributed by atoms with Crippen molar-refractivity contribution in [2.45, 2.75) is 0 Å². The third kappa shape index (κ3) is 12.6. The van der Waals surface area contributed by atoms with Crippen molar-refractivity contribution in [2.24, 2.45) is 0 Å². The number of rotatable bonds is 6. The Morgan fingerprint density at radius 2 is 0.771 bits per heavy atom. The maximum absolute atomic E-state index is 4.57. The molecule has 0 aliphatic carbocycles. The molecular weight excluding hydrogens is 571 g/mol. The first kappa shape index (κ1) is 31.2. The Kier molecular flexibility index (Phi) is 18.1. The number of hydrogen-bond donors (Lipinski definition) is 0. The molecule has 0 unspecified atom stereocenters. The molecule has 0 fully saturated rings. The van der Waals surface area contributed by atoms with Crippen LogP contribution in [0.4, 0.5) is 0 Å². The van der Waals surface area contributed by atoms with E-state index in [-0.39, 0.29) is 7.92 Å². The Labute approximate surface area is 229 Å². The monoisotopic (exact) mass is 604 g/mol. The van der Waals surface area contributed by atoms with E-state index >= 15 is 0 Å². The first-order chi connectivity index (χ1) is 17.2. The van der Waals surface area contributed by atoms with Crippen LogP contribution in [0.1, 0.15) is 0 Å². The molecule has 0 aliphatic rings. The first-order valence-electron chi connectivity index (χ1n) is 11.0. The summed E-state index contributed by atoms with van der Waals surface area (Å²) >= 11 is 1.82. The van der Waals surface area contributed by atoms with Gasteiger partial charge in [-0.15, -0.1) is 13.2 Å². The summed E-state index contributed by atoms with van der Waals surface area (Å²) in [7, 11) is 4.23. The summed E-state index contributed by atoms with van der Waals surface area (Å²) in [5, 5.41) is 5.67. The van der Waals surface area contributed by atoms with Gasteiger partial charge in [-0.2, -0.15) is 0 Å². The van der Waals surface area contributed by atoms with E-state index in [0.29, 0.717) is 0 Å². The van der Waals surface area contributed by atoms with Crippen LogP contribution in [-0.4, -0.2) is 13.3 Å². The zero-order valence-corrected chi connectivity index (χ0v) is 24.6. The summed E-state index contributed by atoms with van der Waals surface area (Å²) in [6.07, 6.45) is 5.15. The van der Waals surface area contributed by atoms with Gasteiger partial charge in [0.2, 0.25) is 0 Å². The molecule has 4 aromatic rings. The van der Waals surface area contributed by atoms with E-state index in [1.54, 1.807) is 18.6 Å². The van der Waals surface area contributed by atoms with Crippen LogP contribution < -0.4 is 21.2 Å². The van der Waals surface area contributed by atoms with Crippen LogP contribution in [-0.2, 0) is 17.3 Å². The van der Waals surface area contributed by atoms with Crippen LogP contribution in [0.3, 0.4) is 0 Å². The molecule has 1 radical (unpaired) electrons. The normalized spacial score (nSPS) is 9.43. The Hall–Kier alpha value is -1.87. The van der Waals surface area contributed by atoms with Gasteiger partial charge in [0.25, 0.3) is 0 Å². The van der Waals surface area contributed by atoms with E-state index in [2.05, 4.69) is 158 Å². The van der Waals surface area contributed by atoms with Crippen LogP contribution in [0.15, 0.2) is 147 Å². The van der Waals surface area contributed by atoms with Crippen molar-refractivity contribution in [1.82, 2.24) is 0 Å². The second-order valence-electron chi connectivity index (χ2n) is 7.24. The molecule has 0 saturated heterocycles. The maximum atomic E-state index is 4.57. The van der Waals surface area contributed by atoms with Crippen molar-refractivity contribution in [2.75, 3.05) is 13.3 Å². The minimum atomic E-state index is -0.446. The molecule has 0 atom stereocenters. The summed E-state index contributed by atoms with van der Waals surface area (Å²) in [6, 6.07) is 42.9. The summed E-state index contributed by atoms with van der Waals surface area (Å²) in [6.45, 7) is 11.4. The van der Waals surface area contributed by atoms with Crippen LogP contribution in [0.5, 0.6) is 0 Å². The summed E-state index contributed by atoms with van der Waals surface area (Å²) in [5.74, 6) is 0. The van der Waals surface area contributed by atoms with Gasteiger partial charge >= 0.3 is 27.0 Å². The van der Waals surface area contributed by atoms with Crippen LogP contribution >= 0.6 is 25.5 Å². The van der Waals surface area contributed by atoms with E-state index in [1.165, 1.54) is 21.2 Å². The van der Waals surface area contributed by atoms with Crippen molar-refractivity contribution in [1.29, 1.82) is 0 Å².